The van der Waals surface area contributed by atoms with E-state index in [1.807, 2.05) is 0 Å². The molecule has 7 heavy (non-hydrogen) atoms. The van der Waals surface area contributed by atoms with Crippen molar-refractivity contribution in [3.8, 4) is 0 Å². The van der Waals surface area contributed by atoms with Crippen LogP contribution in [-0.2, 0) is 87.2 Å². The Balaban J connectivity index is 0. The maximum Gasteiger partial charge on any atom is 0.316 e. The zero-order chi connectivity index (χ0) is 0. The molecule has 0 aromatic heterocycles. The average Bonchev–Trinajstić information content (AvgIpc) is 0. The van der Waals surface area contributed by atoms with Crippen LogP contribution in [0.2, 0.25) is 0 Å². The summed E-state index contributed by atoms with van der Waals surface area (Å²) in [4.78, 5) is 0. The van der Waals surface area contributed by atoms with Gasteiger partial charge in [-0.25, -0.2) is 0 Å². The molecule has 0 saturated heterocycles. The summed E-state index contributed by atoms with van der Waals surface area (Å²) < 4.78 is 0. The summed E-state index contributed by atoms with van der Waals surface area (Å²) in [6.45, 7) is 0. The van der Waals surface area contributed by atoms with Crippen LogP contribution in [0, 0.1) is 0 Å². The molecule has 0 amide bonds. The molecular formula is H2CuFeMgMnNiSiZn. The Hall–Kier alpha value is 3.66. The minimum absolute atomic E-state index is 0. The molecular weight excluding hydrogens is 351 g/mol. The first-order chi connectivity index (χ1) is 0. The molecule has 0 rings (SSSR count). The fraction of sp³-hybridized carbons (Fsp3) is 0. The van der Waals surface area contributed by atoms with E-state index < -0.39 is 0 Å². The Kier molecular flexibility index (Phi) is 574. The molecule has 0 heterocycles. The molecule has 46 valence electrons. The third-order valence-corrected chi connectivity index (χ3v) is 0. The minimum Gasteiger partial charge on any atom is 0 e. The zero-order valence-electron chi connectivity index (χ0n) is 2.56. The molecule has 0 spiro atoms. The summed E-state index contributed by atoms with van der Waals surface area (Å²) in [6.07, 6.45) is 0. The van der Waals surface area contributed by atoms with Crippen LogP contribution in [0.4, 0.5) is 0 Å². The summed E-state index contributed by atoms with van der Waals surface area (Å²) in [7, 11) is 0. The topological polar surface area (TPSA) is 0 Å². The van der Waals surface area contributed by atoms with E-state index in [2.05, 4.69) is 0 Å². The van der Waals surface area contributed by atoms with E-state index >= 15 is 0 Å². The molecule has 7 heteroatoms. The van der Waals surface area contributed by atoms with E-state index in [1.165, 1.54) is 0 Å². The van der Waals surface area contributed by atoms with Gasteiger partial charge in [0.1, 0.15) is 0 Å². The van der Waals surface area contributed by atoms with Crippen molar-refractivity contribution in [2.24, 2.45) is 0 Å². The van der Waals surface area contributed by atoms with Gasteiger partial charge in [-0.1, -0.05) is 0 Å². The second-order valence-corrected chi connectivity index (χ2v) is 0. The SMILES string of the molecule is [Cu].[Fe].[MgH2].[Mn].[Ni].[Si].[Zn]. The van der Waals surface area contributed by atoms with E-state index in [-0.39, 0.29) is 121 Å². The predicted octanol–water partition coefficient (Wildman–Crippen LogP) is -1.31. The predicted molar refractivity (Wildman–Crippen MR) is 14.3 cm³/mol. The molecule has 0 unspecified atom stereocenters. The van der Waals surface area contributed by atoms with Crippen LogP contribution in [0.25, 0.3) is 0 Å². The third-order valence-electron chi connectivity index (χ3n) is 0. The first kappa shape index (κ1) is 74.3. The van der Waals surface area contributed by atoms with Crippen LogP contribution in [0.15, 0.2) is 0 Å². The van der Waals surface area contributed by atoms with Crippen molar-refractivity contribution in [1.29, 1.82) is 0 Å². The fourth-order valence-electron chi connectivity index (χ4n) is 0. The molecule has 0 aliphatic heterocycles. The molecule has 0 nitrogen and oxygen atoms in total. The summed E-state index contributed by atoms with van der Waals surface area (Å²) in [5.41, 5.74) is 0. The first-order valence-electron chi connectivity index (χ1n) is 0. The van der Waals surface area contributed by atoms with Gasteiger partial charge in [0.15, 0.2) is 0 Å². The van der Waals surface area contributed by atoms with Gasteiger partial charge in [-0.3, -0.25) is 0 Å². The third kappa shape index (κ3) is 42.3. The molecule has 6 radical (unpaired) electrons. The smallest absolute Gasteiger partial charge is 0 e. The Morgan fingerprint density at radius 3 is 1.00 bits per heavy atom. The van der Waals surface area contributed by atoms with Crippen LogP contribution < -0.4 is 0 Å². The van der Waals surface area contributed by atoms with E-state index in [0.717, 1.165) is 0 Å². The Morgan fingerprint density at radius 1 is 1.00 bits per heavy atom. The van der Waals surface area contributed by atoms with Crippen molar-refractivity contribution in [3.05, 3.63) is 0 Å². The summed E-state index contributed by atoms with van der Waals surface area (Å²) in [5, 5.41) is 0. The van der Waals surface area contributed by atoms with E-state index in [1.54, 1.807) is 0 Å². The van der Waals surface area contributed by atoms with Crippen LogP contribution in [0.3, 0.4) is 0 Å². The van der Waals surface area contributed by atoms with Gasteiger partial charge in [0.05, 0.1) is 0 Å². The zero-order valence-corrected chi connectivity index (χ0v) is 10.7. The second kappa shape index (κ2) is 54.1. The van der Waals surface area contributed by atoms with Crippen molar-refractivity contribution in [3.63, 3.8) is 0 Å². The van der Waals surface area contributed by atoms with E-state index in [4.69, 9.17) is 0 Å². The standard InChI is InChI=1S/Cu.Fe.Mg.Mn.Ni.Si.Zn.2H. The van der Waals surface area contributed by atoms with Gasteiger partial charge in [0, 0.05) is 98.1 Å². The van der Waals surface area contributed by atoms with Gasteiger partial charge in [-0.2, -0.15) is 0 Å². The normalized spacial score (nSPS) is 0. The largest absolute Gasteiger partial charge is 0.316 e. The maximum atomic E-state index is 0. The van der Waals surface area contributed by atoms with Gasteiger partial charge in [-0.05, 0) is 0 Å². The van der Waals surface area contributed by atoms with Crippen LogP contribution in [0.5, 0.6) is 0 Å². The van der Waals surface area contributed by atoms with E-state index in [9.17, 15) is 0 Å². The van der Waals surface area contributed by atoms with Crippen molar-refractivity contribution in [2.45, 2.75) is 0 Å². The molecule has 0 aliphatic carbocycles. The molecule has 0 fully saturated rings. The molecule has 0 saturated carbocycles. The Bertz CT molecular complexity index is 19.7. The van der Waals surface area contributed by atoms with Gasteiger partial charge in [0.25, 0.3) is 0 Å². The van der Waals surface area contributed by atoms with E-state index in [0.29, 0.717) is 0 Å². The van der Waals surface area contributed by atoms with Crippen LogP contribution >= 0.6 is 0 Å². The Labute approximate surface area is 119 Å². The first-order valence-corrected chi connectivity index (χ1v) is 0. The summed E-state index contributed by atoms with van der Waals surface area (Å²) in [6, 6.07) is 0. The number of hydrogen-bond acceptors (Lipinski definition) is 0. The second-order valence-electron chi connectivity index (χ2n) is 0. The Morgan fingerprint density at radius 2 is 1.00 bits per heavy atom. The van der Waals surface area contributed by atoms with Gasteiger partial charge >= 0.3 is 23.1 Å². The molecule has 0 aromatic rings. The van der Waals surface area contributed by atoms with Gasteiger partial charge in [0.2, 0.25) is 0 Å². The molecule has 0 aliphatic rings. The summed E-state index contributed by atoms with van der Waals surface area (Å²) in [5.74, 6) is 0. The monoisotopic (exact) mass is 350 g/mol. The average molecular weight is 353 g/mol. The van der Waals surface area contributed by atoms with Crippen LogP contribution in [-0.4, -0.2) is 34.0 Å². The van der Waals surface area contributed by atoms with Gasteiger partial charge in [-0.15, -0.1) is 0 Å². The molecule has 0 aromatic carbocycles. The van der Waals surface area contributed by atoms with Crippen molar-refractivity contribution in [2.75, 3.05) is 0 Å². The number of hydrogen-bond donors (Lipinski definition) is 0. The minimum atomic E-state index is 0. The van der Waals surface area contributed by atoms with Gasteiger partial charge < -0.3 is 0 Å². The van der Waals surface area contributed by atoms with Crippen molar-refractivity contribution in [1.82, 2.24) is 0 Å². The molecule has 0 atom stereocenters. The quantitative estimate of drug-likeness (QED) is 0.475. The van der Waals surface area contributed by atoms with Crippen molar-refractivity contribution < 1.29 is 87.2 Å². The number of rotatable bonds is 0. The molecule has 0 bridgehead atoms. The summed E-state index contributed by atoms with van der Waals surface area (Å²) >= 11 is 0. The fourth-order valence-corrected chi connectivity index (χ4v) is 0. The maximum absolute atomic E-state index is 0. The molecule has 0 N–H and O–H groups in total. The van der Waals surface area contributed by atoms with Crippen LogP contribution in [0.1, 0.15) is 0 Å². The van der Waals surface area contributed by atoms with Crippen molar-refractivity contribution >= 4 is 34.0 Å².